The second-order valence-electron chi connectivity index (χ2n) is 4.36. The Morgan fingerprint density at radius 2 is 1.53 bits per heavy atom. The first-order valence-corrected chi connectivity index (χ1v) is 6.17. The van der Waals surface area contributed by atoms with Crippen molar-refractivity contribution in [3.05, 3.63) is 0 Å². The monoisotopic (exact) mass is 235 g/mol. The normalized spacial score (nSPS) is 19.1. The first kappa shape index (κ1) is 13.9. The minimum absolute atomic E-state index is 0.431. The van der Waals surface area contributed by atoms with Crippen molar-refractivity contribution < 1.29 is 0 Å². The summed E-state index contributed by atoms with van der Waals surface area (Å²) in [6.07, 6.45) is 0. The van der Waals surface area contributed by atoms with Gasteiger partial charge in [0.25, 0.3) is 0 Å². The molecule has 0 amide bonds. The summed E-state index contributed by atoms with van der Waals surface area (Å²) in [5.41, 5.74) is 0. The van der Waals surface area contributed by atoms with E-state index in [0.29, 0.717) is 19.1 Å². The van der Waals surface area contributed by atoms with Gasteiger partial charge in [-0.15, -0.1) is 0 Å². The first-order valence-electron chi connectivity index (χ1n) is 6.17. The SMILES string of the molecule is CCN(CC)C1CN(CC#N)CN(CC#N)C1. The van der Waals surface area contributed by atoms with Crippen molar-refractivity contribution >= 4 is 0 Å². The lowest BCUT2D eigenvalue weighted by Gasteiger charge is -2.42. The second kappa shape index (κ2) is 7.24. The molecule has 0 atom stereocenters. The molecule has 0 aromatic carbocycles. The summed E-state index contributed by atoms with van der Waals surface area (Å²) in [6.45, 7) is 9.82. The predicted molar refractivity (Wildman–Crippen MR) is 65.9 cm³/mol. The van der Waals surface area contributed by atoms with Gasteiger partial charge in [-0.25, -0.2) is 0 Å². The molecule has 0 N–H and O–H groups in total. The van der Waals surface area contributed by atoms with E-state index in [-0.39, 0.29) is 0 Å². The summed E-state index contributed by atoms with van der Waals surface area (Å²) < 4.78 is 0. The van der Waals surface area contributed by atoms with E-state index >= 15 is 0 Å². The van der Waals surface area contributed by atoms with Crippen LogP contribution >= 0.6 is 0 Å². The van der Waals surface area contributed by atoms with Crippen LogP contribution in [0.5, 0.6) is 0 Å². The van der Waals surface area contributed by atoms with Crippen LogP contribution in [0, 0.1) is 22.7 Å². The van der Waals surface area contributed by atoms with Gasteiger partial charge in [0.05, 0.1) is 31.9 Å². The quantitative estimate of drug-likeness (QED) is 0.642. The summed E-state index contributed by atoms with van der Waals surface area (Å²) in [5, 5.41) is 17.6. The molecular weight excluding hydrogens is 214 g/mol. The molecule has 17 heavy (non-hydrogen) atoms. The maximum absolute atomic E-state index is 8.79. The zero-order chi connectivity index (χ0) is 12.7. The molecule has 94 valence electrons. The van der Waals surface area contributed by atoms with Crippen molar-refractivity contribution in [1.82, 2.24) is 14.7 Å². The number of nitrogens with zero attached hydrogens (tertiary/aromatic N) is 5. The van der Waals surface area contributed by atoms with Crippen LogP contribution in [0.4, 0.5) is 0 Å². The Labute approximate surface area is 104 Å². The van der Waals surface area contributed by atoms with Gasteiger partial charge in [0.15, 0.2) is 0 Å². The van der Waals surface area contributed by atoms with E-state index in [9.17, 15) is 0 Å². The summed E-state index contributed by atoms with van der Waals surface area (Å²) in [7, 11) is 0. The van der Waals surface area contributed by atoms with E-state index in [0.717, 1.165) is 32.8 Å². The zero-order valence-corrected chi connectivity index (χ0v) is 10.8. The molecule has 0 bridgehead atoms. The zero-order valence-electron chi connectivity index (χ0n) is 10.8. The number of hydrogen-bond acceptors (Lipinski definition) is 5. The van der Waals surface area contributed by atoms with Crippen molar-refractivity contribution in [1.29, 1.82) is 10.5 Å². The molecular formula is C12H21N5. The highest BCUT2D eigenvalue weighted by molar-refractivity contribution is 4.89. The van der Waals surface area contributed by atoms with Crippen LogP contribution in [0.1, 0.15) is 13.8 Å². The third kappa shape index (κ3) is 3.98. The van der Waals surface area contributed by atoms with Crippen LogP contribution in [0.15, 0.2) is 0 Å². The maximum atomic E-state index is 8.79. The second-order valence-corrected chi connectivity index (χ2v) is 4.36. The molecule has 0 unspecified atom stereocenters. The third-order valence-corrected chi connectivity index (χ3v) is 3.26. The smallest absolute Gasteiger partial charge is 0.0876 e. The Hall–Kier alpha value is -1.14. The minimum Gasteiger partial charge on any atom is -0.298 e. The van der Waals surface area contributed by atoms with Gasteiger partial charge in [-0.1, -0.05) is 13.8 Å². The van der Waals surface area contributed by atoms with Crippen molar-refractivity contribution in [2.24, 2.45) is 0 Å². The van der Waals surface area contributed by atoms with Gasteiger partial charge >= 0.3 is 0 Å². The highest BCUT2D eigenvalue weighted by Crippen LogP contribution is 2.11. The van der Waals surface area contributed by atoms with Crippen LogP contribution in [0.25, 0.3) is 0 Å². The van der Waals surface area contributed by atoms with Crippen molar-refractivity contribution in [2.45, 2.75) is 19.9 Å². The topological polar surface area (TPSA) is 57.3 Å². The third-order valence-electron chi connectivity index (χ3n) is 3.26. The molecule has 1 aliphatic heterocycles. The Kier molecular flexibility index (Phi) is 5.93. The van der Waals surface area contributed by atoms with E-state index in [2.05, 4.69) is 40.7 Å². The summed E-state index contributed by atoms with van der Waals surface area (Å²) in [6, 6.07) is 4.82. The van der Waals surface area contributed by atoms with Crippen LogP contribution in [0.2, 0.25) is 0 Å². The molecule has 0 aliphatic carbocycles. The lowest BCUT2D eigenvalue weighted by Crippen LogP contribution is -2.57. The fourth-order valence-electron chi connectivity index (χ4n) is 2.45. The molecule has 0 saturated carbocycles. The molecule has 5 nitrogen and oxygen atoms in total. The lowest BCUT2D eigenvalue weighted by atomic mass is 10.1. The number of nitriles is 2. The molecule has 5 heteroatoms. The van der Waals surface area contributed by atoms with Crippen molar-refractivity contribution in [3.63, 3.8) is 0 Å². The largest absolute Gasteiger partial charge is 0.298 e. The van der Waals surface area contributed by atoms with Crippen molar-refractivity contribution in [3.8, 4) is 12.1 Å². The highest BCUT2D eigenvalue weighted by Gasteiger charge is 2.27. The van der Waals surface area contributed by atoms with Gasteiger partial charge < -0.3 is 0 Å². The molecule has 0 radical (unpaired) electrons. The molecule has 1 fully saturated rings. The fraction of sp³-hybridized carbons (Fsp3) is 0.833. The van der Waals surface area contributed by atoms with Crippen LogP contribution < -0.4 is 0 Å². The van der Waals surface area contributed by atoms with E-state index in [1.807, 2.05) is 0 Å². The average molecular weight is 235 g/mol. The maximum Gasteiger partial charge on any atom is 0.0876 e. The minimum atomic E-state index is 0.431. The Morgan fingerprint density at radius 3 is 1.88 bits per heavy atom. The molecule has 1 saturated heterocycles. The van der Waals surface area contributed by atoms with Crippen LogP contribution in [-0.2, 0) is 0 Å². The summed E-state index contributed by atoms with van der Waals surface area (Å²) in [4.78, 5) is 6.63. The number of rotatable bonds is 5. The fourth-order valence-corrected chi connectivity index (χ4v) is 2.45. The van der Waals surface area contributed by atoms with Crippen LogP contribution in [0.3, 0.4) is 0 Å². The Balaban J connectivity index is 2.64. The number of likely N-dealkylation sites (N-methyl/N-ethyl adjacent to an activating group) is 1. The van der Waals surface area contributed by atoms with Gasteiger partial charge in [-0.3, -0.25) is 14.7 Å². The molecule has 0 aromatic rings. The van der Waals surface area contributed by atoms with E-state index < -0.39 is 0 Å². The van der Waals surface area contributed by atoms with Gasteiger partial charge in [0, 0.05) is 19.1 Å². The number of hydrogen-bond donors (Lipinski definition) is 0. The molecule has 1 heterocycles. The Morgan fingerprint density at radius 1 is 1.06 bits per heavy atom. The lowest BCUT2D eigenvalue weighted by molar-refractivity contribution is 0.0323. The molecule has 0 spiro atoms. The van der Waals surface area contributed by atoms with Gasteiger partial charge in [0.2, 0.25) is 0 Å². The first-order chi connectivity index (χ1) is 8.24. The van der Waals surface area contributed by atoms with Gasteiger partial charge in [0.1, 0.15) is 0 Å². The Bertz CT molecular complexity index is 275. The van der Waals surface area contributed by atoms with Crippen LogP contribution in [-0.4, -0.2) is 66.7 Å². The van der Waals surface area contributed by atoms with Gasteiger partial charge in [-0.05, 0) is 13.1 Å². The summed E-state index contributed by atoms with van der Waals surface area (Å²) >= 11 is 0. The molecule has 0 aromatic heterocycles. The van der Waals surface area contributed by atoms with Crippen molar-refractivity contribution in [2.75, 3.05) is 45.9 Å². The predicted octanol–water partition coefficient (Wildman–Crippen LogP) is 0.319. The highest BCUT2D eigenvalue weighted by atomic mass is 15.4. The standard InChI is InChI=1S/C12H21N5/c1-3-17(4-2)12-9-15(7-5-13)11-16(10-12)8-6-14/h12H,3-4,7-11H2,1-2H3. The van der Waals surface area contributed by atoms with E-state index in [4.69, 9.17) is 10.5 Å². The molecule has 1 aliphatic rings. The van der Waals surface area contributed by atoms with Gasteiger partial charge in [-0.2, -0.15) is 10.5 Å². The van der Waals surface area contributed by atoms with E-state index in [1.165, 1.54) is 0 Å². The van der Waals surface area contributed by atoms with E-state index in [1.54, 1.807) is 0 Å². The molecule has 1 rings (SSSR count). The average Bonchev–Trinajstić information content (AvgIpc) is 2.31. The summed E-state index contributed by atoms with van der Waals surface area (Å²) in [5.74, 6) is 0.